The summed E-state index contributed by atoms with van der Waals surface area (Å²) in [7, 11) is 0. The van der Waals surface area contributed by atoms with E-state index in [9.17, 15) is 34.9 Å². The molecule has 0 aromatic carbocycles. The summed E-state index contributed by atoms with van der Waals surface area (Å²) in [5.41, 5.74) is 3.45. The minimum absolute atomic E-state index is 0. The Hall–Kier alpha value is -2.45. The molecule has 0 heterocycles. The lowest BCUT2D eigenvalue weighted by atomic mass is 9.92. The van der Waals surface area contributed by atoms with E-state index in [-0.39, 0.29) is 25.2 Å². The first kappa shape index (κ1) is 24.8. The number of aliphatic hydroxyl groups is 1. The summed E-state index contributed by atoms with van der Waals surface area (Å²) in [5, 5.41) is 36.0. The number of nitrogens with two attached hydrogens (primary N) is 1. The van der Waals surface area contributed by atoms with Crippen molar-refractivity contribution in [1.29, 1.82) is 0 Å². The van der Waals surface area contributed by atoms with Crippen LogP contribution in [0.1, 0.15) is 12.8 Å². The number of carboxylic acid groups (broad SMARTS) is 1. The topological polar surface area (TPSA) is 215 Å². The quantitative estimate of drug-likeness (QED) is 0.186. The van der Waals surface area contributed by atoms with Crippen molar-refractivity contribution < 1.29 is 44.4 Å². The van der Waals surface area contributed by atoms with E-state index in [2.05, 4.69) is 9.68 Å². The Balaban J connectivity index is 0. The molecule has 15 heteroatoms. The van der Waals surface area contributed by atoms with Crippen LogP contribution in [0.3, 0.4) is 0 Å². The second-order valence-electron chi connectivity index (χ2n) is 4.80. The molecule has 0 saturated carbocycles. The monoisotopic (exact) mass is 391 g/mol. The Morgan fingerprint density at radius 2 is 1.60 bits per heavy atom. The number of hydrogen-bond donors (Lipinski definition) is 3. The molecule has 4 N–H and O–H groups in total. The van der Waals surface area contributed by atoms with Crippen LogP contribution in [0.25, 0.3) is 0 Å². The van der Waals surface area contributed by atoms with Gasteiger partial charge in [0.1, 0.15) is 25.9 Å². The number of hydrogen-bond acceptors (Lipinski definition) is 11. The highest BCUT2D eigenvalue weighted by atomic mass is 35.5. The van der Waals surface area contributed by atoms with Crippen molar-refractivity contribution in [3.05, 3.63) is 20.2 Å². The van der Waals surface area contributed by atoms with Gasteiger partial charge >= 0.3 is 11.9 Å². The molecule has 146 valence electrons. The van der Waals surface area contributed by atoms with Crippen LogP contribution in [-0.2, 0) is 24.0 Å². The van der Waals surface area contributed by atoms with Gasteiger partial charge in [0.25, 0.3) is 10.2 Å². The number of esters is 1. The molecule has 0 aromatic heterocycles. The van der Waals surface area contributed by atoms with E-state index in [0.717, 1.165) is 0 Å². The predicted molar refractivity (Wildman–Crippen MR) is 78.5 cm³/mol. The zero-order valence-corrected chi connectivity index (χ0v) is 13.6. The van der Waals surface area contributed by atoms with Gasteiger partial charge in [-0.05, 0) is 6.42 Å². The van der Waals surface area contributed by atoms with Crippen molar-refractivity contribution in [3.8, 4) is 0 Å². The summed E-state index contributed by atoms with van der Waals surface area (Å²) < 4.78 is 4.74. The molecule has 0 aromatic rings. The molecule has 1 atom stereocenters. The third-order valence-corrected chi connectivity index (χ3v) is 2.80. The van der Waals surface area contributed by atoms with Crippen LogP contribution >= 0.6 is 12.4 Å². The summed E-state index contributed by atoms with van der Waals surface area (Å²) in [5.74, 6) is -2.22. The van der Waals surface area contributed by atoms with Gasteiger partial charge in [0, 0.05) is 6.42 Å². The minimum atomic E-state index is -1.75. The molecule has 0 aliphatic carbocycles. The maximum Gasteiger partial charge on any atom is 0.320 e. The van der Waals surface area contributed by atoms with E-state index in [1.54, 1.807) is 0 Å². The van der Waals surface area contributed by atoms with E-state index in [1.807, 2.05) is 0 Å². The number of ether oxygens (including phenoxy) is 1. The average molecular weight is 392 g/mol. The van der Waals surface area contributed by atoms with Gasteiger partial charge in [-0.25, -0.2) is 0 Å². The van der Waals surface area contributed by atoms with Crippen LogP contribution in [-0.4, -0.2) is 64.8 Å². The molecule has 0 radical (unpaired) electrons. The first-order valence-electron chi connectivity index (χ1n) is 6.41. The maximum absolute atomic E-state index is 11.5. The maximum atomic E-state index is 11.5. The Bertz CT molecular complexity index is 457. The first-order valence-corrected chi connectivity index (χ1v) is 6.41. The second kappa shape index (κ2) is 12.0. The largest absolute Gasteiger partial charge is 0.480 e. The molecule has 0 amide bonds. The number of nitrogens with zero attached hydrogens (tertiary/aromatic N) is 2. The number of halogens is 1. The highest BCUT2D eigenvalue weighted by Gasteiger charge is 2.35. The molecule has 0 spiro atoms. The van der Waals surface area contributed by atoms with Gasteiger partial charge in [-0.1, -0.05) is 0 Å². The minimum Gasteiger partial charge on any atom is -0.480 e. The molecule has 0 unspecified atom stereocenters. The van der Waals surface area contributed by atoms with Crippen molar-refractivity contribution in [1.82, 2.24) is 0 Å². The lowest BCUT2D eigenvalue weighted by Gasteiger charge is -2.28. The Labute approximate surface area is 146 Å². The number of carbonyl (C=O) groups excluding carboxylic acids is 1. The first-order chi connectivity index (χ1) is 11.1. The number of carboxylic acids is 1. The molecule has 0 bridgehead atoms. The van der Waals surface area contributed by atoms with Gasteiger partial charge in [0.2, 0.25) is 0 Å². The molecule has 14 nitrogen and oxygen atoms in total. The Kier molecular flexibility index (Phi) is 11.9. The third-order valence-electron chi connectivity index (χ3n) is 2.80. The van der Waals surface area contributed by atoms with Gasteiger partial charge in [0.15, 0.2) is 0 Å². The molecule has 0 aliphatic rings. The van der Waals surface area contributed by atoms with Crippen molar-refractivity contribution in [2.75, 3.05) is 26.4 Å². The summed E-state index contributed by atoms with van der Waals surface area (Å²) >= 11 is 0. The average Bonchev–Trinajstić information content (AvgIpc) is 2.51. The van der Waals surface area contributed by atoms with Crippen LogP contribution in [0.4, 0.5) is 0 Å². The van der Waals surface area contributed by atoms with Gasteiger partial charge in [0.05, 0.1) is 12.0 Å². The van der Waals surface area contributed by atoms with Crippen molar-refractivity contribution >= 4 is 24.3 Å². The Morgan fingerprint density at radius 1 is 1.12 bits per heavy atom. The highest BCUT2D eigenvalue weighted by Crippen LogP contribution is 2.19. The van der Waals surface area contributed by atoms with E-state index >= 15 is 0 Å². The molecule has 0 aliphatic heterocycles. The normalized spacial score (nSPS) is 11.6. The molecule has 25 heavy (non-hydrogen) atoms. The number of rotatable bonds is 13. The van der Waals surface area contributed by atoms with Gasteiger partial charge in [-0.2, -0.15) is 0 Å². The van der Waals surface area contributed by atoms with Crippen molar-refractivity contribution in [2.45, 2.75) is 18.9 Å². The van der Waals surface area contributed by atoms with E-state index < -0.39 is 60.0 Å². The smallest absolute Gasteiger partial charge is 0.320 e. The van der Waals surface area contributed by atoms with Crippen LogP contribution in [0.5, 0.6) is 0 Å². The summed E-state index contributed by atoms with van der Waals surface area (Å²) in [6, 6.07) is -1.28. The lowest BCUT2D eigenvalue weighted by Crippen LogP contribution is -2.42. The summed E-state index contributed by atoms with van der Waals surface area (Å²) in [4.78, 5) is 50.6. The molecular weight excluding hydrogens is 374 g/mol. The fourth-order valence-electron chi connectivity index (χ4n) is 1.34. The van der Waals surface area contributed by atoms with E-state index in [0.29, 0.717) is 0 Å². The van der Waals surface area contributed by atoms with E-state index in [1.165, 1.54) is 0 Å². The SMILES string of the molecule is Cl.N[C@@H](CCC(=O)OCC(CO)(CO[N+](=O)[O-])CO[N+](=O)[O-])C(=O)O. The van der Waals surface area contributed by atoms with Gasteiger partial charge < -0.3 is 30.4 Å². The van der Waals surface area contributed by atoms with E-state index in [4.69, 9.17) is 15.6 Å². The Morgan fingerprint density at radius 3 is 1.96 bits per heavy atom. The number of carbonyl (C=O) groups is 2. The fraction of sp³-hybridized carbons (Fsp3) is 0.800. The van der Waals surface area contributed by atoms with Gasteiger partial charge in [-0.3, -0.25) is 9.59 Å². The lowest BCUT2D eigenvalue weighted by molar-refractivity contribution is -0.772. The molecule has 0 rings (SSSR count). The third kappa shape index (κ3) is 10.9. The zero-order valence-electron chi connectivity index (χ0n) is 12.8. The van der Waals surface area contributed by atoms with Gasteiger partial charge in [-0.15, -0.1) is 32.6 Å². The van der Waals surface area contributed by atoms with Crippen molar-refractivity contribution in [2.24, 2.45) is 11.1 Å². The summed E-state index contributed by atoms with van der Waals surface area (Å²) in [6.45, 7) is -3.22. The standard InChI is InChI=1S/C10H17N3O11.ClH/c11-7(9(16)17)1-2-8(15)22-4-10(3-14,5-23-12(18)19)6-24-13(20)21;/h7,14H,1-6,11H2,(H,16,17);1H/t7-;/m0./s1. The zero-order chi connectivity index (χ0) is 18.8. The highest BCUT2D eigenvalue weighted by molar-refractivity contribution is 5.85. The number of aliphatic carboxylic acids is 1. The van der Waals surface area contributed by atoms with Crippen LogP contribution < -0.4 is 5.73 Å². The molecule has 0 saturated heterocycles. The van der Waals surface area contributed by atoms with Crippen LogP contribution in [0.15, 0.2) is 0 Å². The number of aliphatic hydroxyl groups excluding tert-OH is 1. The molecule has 0 fully saturated rings. The van der Waals surface area contributed by atoms with Crippen LogP contribution in [0.2, 0.25) is 0 Å². The predicted octanol–water partition coefficient (Wildman–Crippen LogP) is -1.46. The van der Waals surface area contributed by atoms with Crippen molar-refractivity contribution in [3.63, 3.8) is 0 Å². The fourth-order valence-corrected chi connectivity index (χ4v) is 1.34. The summed E-state index contributed by atoms with van der Waals surface area (Å²) in [6.07, 6.45) is -0.599. The second-order valence-corrected chi connectivity index (χ2v) is 4.80. The molecular formula is C10H18ClN3O11. The van der Waals surface area contributed by atoms with Crippen LogP contribution in [0, 0.1) is 25.6 Å².